The van der Waals surface area contributed by atoms with Crippen LogP contribution in [0.2, 0.25) is 0 Å². The molecule has 4 nitrogen and oxygen atoms in total. The highest BCUT2D eigenvalue weighted by Crippen LogP contribution is 2.24. The van der Waals surface area contributed by atoms with Crippen molar-refractivity contribution < 1.29 is 0 Å². The largest absolute Gasteiger partial charge is 0.306 e. The predicted octanol–water partition coefficient (Wildman–Crippen LogP) is 1.85. The van der Waals surface area contributed by atoms with Gasteiger partial charge in [-0.3, -0.25) is 0 Å². The van der Waals surface area contributed by atoms with E-state index in [0.29, 0.717) is 5.92 Å². The summed E-state index contributed by atoms with van der Waals surface area (Å²) in [6.07, 6.45) is 4.45. The summed E-state index contributed by atoms with van der Waals surface area (Å²) in [5, 5.41) is 4.59. The molecule has 0 amide bonds. The van der Waals surface area contributed by atoms with Gasteiger partial charge in [0.15, 0.2) is 11.5 Å². The molecule has 90 valence electrons. The number of pyridine rings is 1. The zero-order valence-electron chi connectivity index (χ0n) is 10.4. The van der Waals surface area contributed by atoms with Gasteiger partial charge in [0.25, 0.3) is 0 Å². The number of likely N-dealkylation sites (N-methyl/N-ethyl adjacent to an activating group) is 1. The minimum absolute atomic E-state index is 0.494. The van der Waals surface area contributed by atoms with Gasteiger partial charge in [-0.05, 0) is 51.1 Å². The van der Waals surface area contributed by atoms with Crippen molar-refractivity contribution in [3.8, 4) is 0 Å². The van der Waals surface area contributed by atoms with Crippen molar-refractivity contribution in [3.05, 3.63) is 29.7 Å². The average Bonchev–Trinajstić information content (AvgIpc) is 2.72. The summed E-state index contributed by atoms with van der Waals surface area (Å²) in [7, 11) is 2.17. The molecule has 3 heterocycles. The molecule has 1 atom stereocenters. The number of aromatic nitrogens is 3. The lowest BCUT2D eigenvalue weighted by atomic mass is 9.98. The summed E-state index contributed by atoms with van der Waals surface area (Å²) in [6, 6.07) is 4.15. The fourth-order valence-electron chi connectivity index (χ4n) is 2.55. The standard InChI is InChI=1S/C13H18N4/c1-10-5-7-17-12(8-10)14-13(15-17)11-4-3-6-16(2)9-11/h5,7-8,11H,3-4,6,9H2,1-2H3. The smallest absolute Gasteiger partial charge is 0.156 e. The van der Waals surface area contributed by atoms with Gasteiger partial charge in [0.1, 0.15) is 0 Å². The van der Waals surface area contributed by atoms with E-state index in [0.717, 1.165) is 18.0 Å². The first-order chi connectivity index (χ1) is 8.22. The quantitative estimate of drug-likeness (QED) is 0.749. The molecular weight excluding hydrogens is 212 g/mol. The van der Waals surface area contributed by atoms with Crippen molar-refractivity contribution in [2.24, 2.45) is 0 Å². The molecule has 4 heteroatoms. The maximum Gasteiger partial charge on any atom is 0.156 e. The van der Waals surface area contributed by atoms with E-state index in [1.807, 2.05) is 10.7 Å². The lowest BCUT2D eigenvalue weighted by molar-refractivity contribution is 0.246. The highest BCUT2D eigenvalue weighted by atomic mass is 15.3. The van der Waals surface area contributed by atoms with Gasteiger partial charge in [-0.15, -0.1) is 0 Å². The molecule has 0 bridgehead atoms. The molecule has 0 spiro atoms. The first-order valence-electron chi connectivity index (χ1n) is 6.24. The molecule has 2 aromatic heterocycles. The van der Waals surface area contributed by atoms with E-state index in [1.54, 1.807) is 0 Å². The van der Waals surface area contributed by atoms with Crippen LogP contribution in [0.1, 0.15) is 30.1 Å². The Morgan fingerprint density at radius 3 is 3.12 bits per heavy atom. The van der Waals surface area contributed by atoms with Crippen LogP contribution in [0.15, 0.2) is 18.3 Å². The van der Waals surface area contributed by atoms with Crippen LogP contribution in [0.3, 0.4) is 0 Å². The van der Waals surface area contributed by atoms with Gasteiger partial charge in [-0.25, -0.2) is 9.50 Å². The highest BCUT2D eigenvalue weighted by molar-refractivity contribution is 5.40. The van der Waals surface area contributed by atoms with E-state index in [4.69, 9.17) is 0 Å². The van der Waals surface area contributed by atoms with Crippen LogP contribution in [-0.4, -0.2) is 39.6 Å². The molecule has 1 saturated heterocycles. The lowest BCUT2D eigenvalue weighted by Crippen LogP contribution is -2.31. The second-order valence-electron chi connectivity index (χ2n) is 5.08. The molecular formula is C13H18N4. The van der Waals surface area contributed by atoms with Crippen LogP contribution >= 0.6 is 0 Å². The number of rotatable bonds is 1. The minimum atomic E-state index is 0.494. The molecule has 1 unspecified atom stereocenters. The van der Waals surface area contributed by atoms with Crippen molar-refractivity contribution >= 4 is 5.65 Å². The Morgan fingerprint density at radius 2 is 2.29 bits per heavy atom. The summed E-state index contributed by atoms with van der Waals surface area (Å²) in [5.41, 5.74) is 2.20. The van der Waals surface area contributed by atoms with Crippen LogP contribution in [0.25, 0.3) is 5.65 Å². The Labute approximate surface area is 101 Å². The molecule has 17 heavy (non-hydrogen) atoms. The van der Waals surface area contributed by atoms with E-state index in [9.17, 15) is 0 Å². The summed E-state index contributed by atoms with van der Waals surface area (Å²) in [6.45, 7) is 4.36. The van der Waals surface area contributed by atoms with Crippen molar-refractivity contribution in [1.29, 1.82) is 0 Å². The molecule has 0 N–H and O–H groups in total. The first-order valence-corrected chi connectivity index (χ1v) is 6.24. The third-order valence-electron chi connectivity index (χ3n) is 3.50. The third-order valence-corrected chi connectivity index (χ3v) is 3.50. The molecule has 1 fully saturated rings. The summed E-state index contributed by atoms with van der Waals surface area (Å²) >= 11 is 0. The maximum absolute atomic E-state index is 4.66. The van der Waals surface area contributed by atoms with Crippen molar-refractivity contribution in [3.63, 3.8) is 0 Å². The number of likely N-dealkylation sites (tertiary alicyclic amines) is 1. The van der Waals surface area contributed by atoms with Crippen molar-refractivity contribution in [2.75, 3.05) is 20.1 Å². The fraction of sp³-hybridized carbons (Fsp3) is 0.538. The second-order valence-corrected chi connectivity index (χ2v) is 5.08. The van der Waals surface area contributed by atoms with Crippen LogP contribution in [0.4, 0.5) is 0 Å². The molecule has 0 aliphatic carbocycles. The van der Waals surface area contributed by atoms with Gasteiger partial charge in [0, 0.05) is 18.7 Å². The van der Waals surface area contributed by atoms with Gasteiger partial charge >= 0.3 is 0 Å². The molecule has 2 aromatic rings. The number of hydrogen-bond acceptors (Lipinski definition) is 3. The summed E-state index contributed by atoms with van der Waals surface area (Å²) < 4.78 is 1.89. The zero-order chi connectivity index (χ0) is 11.8. The summed E-state index contributed by atoms with van der Waals surface area (Å²) in [5.74, 6) is 1.50. The number of hydrogen-bond donors (Lipinski definition) is 0. The minimum Gasteiger partial charge on any atom is -0.306 e. The van der Waals surface area contributed by atoms with Gasteiger partial charge in [-0.1, -0.05) is 0 Å². The van der Waals surface area contributed by atoms with E-state index in [1.165, 1.54) is 24.9 Å². The molecule has 0 saturated carbocycles. The number of piperidine rings is 1. The predicted molar refractivity (Wildman–Crippen MR) is 67.2 cm³/mol. The Bertz CT molecular complexity index is 531. The van der Waals surface area contributed by atoms with Gasteiger partial charge in [0.2, 0.25) is 0 Å². The van der Waals surface area contributed by atoms with E-state index < -0.39 is 0 Å². The molecule has 0 radical (unpaired) electrons. The van der Waals surface area contributed by atoms with E-state index in [-0.39, 0.29) is 0 Å². The Hall–Kier alpha value is -1.42. The lowest BCUT2D eigenvalue weighted by Gasteiger charge is -2.27. The third kappa shape index (κ3) is 2.05. The Kier molecular flexibility index (Phi) is 2.59. The maximum atomic E-state index is 4.66. The molecule has 1 aliphatic heterocycles. The molecule has 1 aliphatic rings. The Morgan fingerprint density at radius 1 is 1.41 bits per heavy atom. The van der Waals surface area contributed by atoms with Gasteiger partial charge in [0.05, 0.1) is 0 Å². The SMILES string of the molecule is Cc1ccn2nc(C3CCCN(C)C3)nc2c1. The van der Waals surface area contributed by atoms with Crippen LogP contribution in [0, 0.1) is 6.92 Å². The molecule has 0 aromatic carbocycles. The first kappa shape index (κ1) is 10.7. The molecule has 3 rings (SSSR count). The number of aryl methyl sites for hydroxylation is 1. The zero-order valence-corrected chi connectivity index (χ0v) is 10.4. The van der Waals surface area contributed by atoms with Gasteiger partial charge < -0.3 is 4.90 Å². The van der Waals surface area contributed by atoms with Crippen LogP contribution in [-0.2, 0) is 0 Å². The second kappa shape index (κ2) is 4.11. The fourth-order valence-corrected chi connectivity index (χ4v) is 2.55. The average molecular weight is 230 g/mol. The topological polar surface area (TPSA) is 33.4 Å². The van der Waals surface area contributed by atoms with E-state index in [2.05, 4.69) is 41.1 Å². The normalized spacial score (nSPS) is 22.1. The highest BCUT2D eigenvalue weighted by Gasteiger charge is 2.22. The monoisotopic (exact) mass is 230 g/mol. The van der Waals surface area contributed by atoms with E-state index >= 15 is 0 Å². The number of fused-ring (bicyclic) bond motifs is 1. The van der Waals surface area contributed by atoms with Crippen LogP contribution in [0.5, 0.6) is 0 Å². The van der Waals surface area contributed by atoms with Crippen molar-refractivity contribution in [2.45, 2.75) is 25.7 Å². The van der Waals surface area contributed by atoms with Crippen molar-refractivity contribution in [1.82, 2.24) is 19.5 Å². The Balaban J connectivity index is 1.94. The summed E-state index contributed by atoms with van der Waals surface area (Å²) in [4.78, 5) is 7.02. The number of nitrogens with zero attached hydrogens (tertiary/aromatic N) is 4. The van der Waals surface area contributed by atoms with Crippen LogP contribution < -0.4 is 0 Å². The van der Waals surface area contributed by atoms with Gasteiger partial charge in [-0.2, -0.15) is 5.10 Å².